The minimum Gasteiger partial charge on any atom is -0.398 e. The molecule has 0 fully saturated rings. The highest BCUT2D eigenvalue weighted by atomic mass is 79.9. The van der Waals surface area contributed by atoms with Crippen LogP contribution in [-0.4, -0.2) is 23.3 Å². The monoisotopic (exact) mass is 346 g/mol. The summed E-state index contributed by atoms with van der Waals surface area (Å²) < 4.78 is 0.790. The molecule has 0 saturated carbocycles. The topological polar surface area (TPSA) is 63.4 Å². The third-order valence-electron chi connectivity index (χ3n) is 3.64. The average molecular weight is 347 g/mol. The lowest BCUT2D eigenvalue weighted by Crippen LogP contribution is -2.42. The Bertz CT molecular complexity index is 727. The Labute approximate surface area is 131 Å². The Morgan fingerprint density at radius 1 is 1.05 bits per heavy atom. The van der Waals surface area contributed by atoms with Crippen molar-refractivity contribution < 1.29 is 9.59 Å². The number of halogens is 1. The fourth-order valence-corrected chi connectivity index (χ4v) is 3.31. The number of carbonyl (C=O) groups is 2. The van der Waals surface area contributed by atoms with Gasteiger partial charge in [0.1, 0.15) is 0 Å². The van der Waals surface area contributed by atoms with Crippen molar-refractivity contribution >= 4 is 44.2 Å². The zero-order valence-corrected chi connectivity index (χ0v) is 13.4. The molecule has 0 radical (unpaired) electrons. The van der Waals surface area contributed by atoms with E-state index in [2.05, 4.69) is 15.9 Å². The summed E-state index contributed by atoms with van der Waals surface area (Å²) in [6, 6.07) is 6.97. The third-order valence-corrected chi connectivity index (χ3v) is 4.30. The molecule has 3 rings (SSSR count). The molecular weight excluding hydrogens is 332 g/mol. The van der Waals surface area contributed by atoms with Gasteiger partial charge in [0.25, 0.3) is 11.8 Å². The van der Waals surface area contributed by atoms with E-state index in [1.54, 1.807) is 24.3 Å². The van der Waals surface area contributed by atoms with E-state index in [-0.39, 0.29) is 17.7 Å². The van der Waals surface area contributed by atoms with Gasteiger partial charge in [-0.3, -0.25) is 14.5 Å². The van der Waals surface area contributed by atoms with E-state index in [1.165, 1.54) is 4.90 Å². The second-order valence-corrected chi connectivity index (χ2v) is 6.52. The molecule has 2 amide bonds. The summed E-state index contributed by atoms with van der Waals surface area (Å²) >= 11 is 3.45. The standard InChI is InChI=1S/C16H15BrN2O2/c1-8(2)7-19-15(20)9-3-5-11(17)14-12(18)6-4-10(13(9)14)16(19)21/h3-6,8H,7,18H2,1-2H3. The summed E-state index contributed by atoms with van der Waals surface area (Å²) in [5.41, 5.74) is 7.65. The Kier molecular flexibility index (Phi) is 3.24. The van der Waals surface area contributed by atoms with Gasteiger partial charge < -0.3 is 5.73 Å². The zero-order chi connectivity index (χ0) is 15.3. The molecule has 0 saturated heterocycles. The first kappa shape index (κ1) is 14.1. The smallest absolute Gasteiger partial charge is 0.261 e. The van der Waals surface area contributed by atoms with Crippen molar-refractivity contribution in [2.75, 3.05) is 12.3 Å². The number of nitrogens with two attached hydrogens (primary N) is 1. The molecule has 0 aliphatic carbocycles. The molecule has 5 heteroatoms. The van der Waals surface area contributed by atoms with Crippen LogP contribution in [0, 0.1) is 5.92 Å². The maximum atomic E-state index is 12.6. The van der Waals surface area contributed by atoms with Crippen LogP contribution in [0.5, 0.6) is 0 Å². The maximum absolute atomic E-state index is 12.6. The predicted octanol–water partition coefficient (Wildman–Crippen LogP) is 3.44. The lowest BCUT2D eigenvalue weighted by atomic mass is 9.92. The van der Waals surface area contributed by atoms with Crippen molar-refractivity contribution in [1.29, 1.82) is 0 Å². The number of anilines is 1. The number of hydrogen-bond acceptors (Lipinski definition) is 3. The Balaban J connectivity index is 2.33. The minimum absolute atomic E-state index is 0.221. The summed E-state index contributed by atoms with van der Waals surface area (Å²) in [7, 11) is 0. The number of benzene rings is 2. The molecule has 21 heavy (non-hydrogen) atoms. The van der Waals surface area contributed by atoms with Crippen molar-refractivity contribution in [3.8, 4) is 0 Å². The molecule has 2 N–H and O–H groups in total. The van der Waals surface area contributed by atoms with Crippen LogP contribution in [-0.2, 0) is 0 Å². The van der Waals surface area contributed by atoms with Gasteiger partial charge in [-0.2, -0.15) is 0 Å². The van der Waals surface area contributed by atoms with Crippen molar-refractivity contribution in [2.24, 2.45) is 5.92 Å². The zero-order valence-electron chi connectivity index (χ0n) is 11.8. The van der Waals surface area contributed by atoms with Gasteiger partial charge in [0.2, 0.25) is 0 Å². The molecule has 0 spiro atoms. The quantitative estimate of drug-likeness (QED) is 0.669. The summed E-state index contributed by atoms with van der Waals surface area (Å²) in [5.74, 6) is -0.271. The number of nitrogen functional groups attached to an aromatic ring is 1. The van der Waals surface area contributed by atoms with Crippen LogP contribution < -0.4 is 5.73 Å². The summed E-state index contributed by atoms with van der Waals surface area (Å²) in [5, 5.41) is 1.38. The number of hydrogen-bond donors (Lipinski definition) is 1. The highest BCUT2D eigenvalue weighted by Crippen LogP contribution is 2.37. The van der Waals surface area contributed by atoms with Crippen LogP contribution in [0.2, 0.25) is 0 Å². The normalized spacial score (nSPS) is 14.4. The fourth-order valence-electron chi connectivity index (χ4n) is 2.75. The van der Waals surface area contributed by atoms with Crippen LogP contribution in [0.4, 0.5) is 5.69 Å². The number of amides is 2. The first-order chi connectivity index (χ1) is 9.91. The van der Waals surface area contributed by atoms with Gasteiger partial charge in [-0.1, -0.05) is 29.8 Å². The molecular formula is C16H15BrN2O2. The van der Waals surface area contributed by atoms with Gasteiger partial charge in [0, 0.05) is 38.6 Å². The van der Waals surface area contributed by atoms with Gasteiger partial charge in [-0.05, 0) is 30.2 Å². The van der Waals surface area contributed by atoms with Crippen molar-refractivity contribution in [3.05, 3.63) is 39.9 Å². The number of imide groups is 1. The summed E-state index contributed by atoms with van der Waals surface area (Å²) in [6.07, 6.45) is 0. The van der Waals surface area contributed by atoms with E-state index in [0.29, 0.717) is 28.7 Å². The molecule has 108 valence electrons. The second kappa shape index (κ2) is 4.84. The first-order valence-corrected chi connectivity index (χ1v) is 7.58. The van der Waals surface area contributed by atoms with Crippen LogP contribution in [0.25, 0.3) is 10.8 Å². The highest BCUT2D eigenvalue weighted by molar-refractivity contribution is 9.10. The molecule has 0 aromatic heterocycles. The predicted molar refractivity (Wildman–Crippen MR) is 86.3 cm³/mol. The van der Waals surface area contributed by atoms with E-state index in [0.717, 1.165) is 9.86 Å². The molecule has 4 nitrogen and oxygen atoms in total. The number of rotatable bonds is 2. The maximum Gasteiger partial charge on any atom is 0.261 e. The minimum atomic E-state index is -0.246. The molecule has 1 heterocycles. The van der Waals surface area contributed by atoms with Crippen molar-refractivity contribution in [3.63, 3.8) is 0 Å². The van der Waals surface area contributed by atoms with Gasteiger partial charge in [-0.25, -0.2) is 0 Å². The van der Waals surface area contributed by atoms with Gasteiger partial charge in [0.05, 0.1) is 0 Å². The Morgan fingerprint density at radius 3 is 2.19 bits per heavy atom. The molecule has 1 aliphatic rings. The molecule has 0 bridgehead atoms. The lowest BCUT2D eigenvalue weighted by molar-refractivity contribution is 0.0592. The van der Waals surface area contributed by atoms with Crippen LogP contribution >= 0.6 is 15.9 Å². The van der Waals surface area contributed by atoms with Crippen molar-refractivity contribution in [1.82, 2.24) is 4.90 Å². The molecule has 2 aromatic rings. The highest BCUT2D eigenvalue weighted by Gasteiger charge is 2.33. The third kappa shape index (κ3) is 2.03. The van der Waals surface area contributed by atoms with Crippen LogP contribution in [0.15, 0.2) is 28.7 Å². The van der Waals surface area contributed by atoms with E-state index in [4.69, 9.17) is 5.73 Å². The number of nitrogens with zero attached hydrogens (tertiary/aromatic N) is 1. The van der Waals surface area contributed by atoms with Gasteiger partial charge in [0.15, 0.2) is 0 Å². The summed E-state index contributed by atoms with van der Waals surface area (Å²) in [6.45, 7) is 4.38. The summed E-state index contributed by atoms with van der Waals surface area (Å²) in [4.78, 5) is 26.6. The van der Waals surface area contributed by atoms with E-state index < -0.39 is 0 Å². The molecule has 0 atom stereocenters. The molecule has 1 aliphatic heterocycles. The first-order valence-electron chi connectivity index (χ1n) is 6.78. The van der Waals surface area contributed by atoms with Crippen LogP contribution in [0.3, 0.4) is 0 Å². The number of carbonyl (C=O) groups excluding carboxylic acids is 2. The van der Waals surface area contributed by atoms with E-state index in [1.807, 2.05) is 13.8 Å². The van der Waals surface area contributed by atoms with Gasteiger partial charge >= 0.3 is 0 Å². The van der Waals surface area contributed by atoms with E-state index >= 15 is 0 Å². The SMILES string of the molecule is CC(C)CN1C(=O)c2ccc(N)c3c(Br)ccc(c23)C1=O. The Hall–Kier alpha value is -1.88. The largest absolute Gasteiger partial charge is 0.398 e. The molecule has 2 aromatic carbocycles. The average Bonchev–Trinajstić information content (AvgIpc) is 2.42. The Morgan fingerprint density at radius 2 is 1.62 bits per heavy atom. The molecule has 0 unspecified atom stereocenters. The van der Waals surface area contributed by atoms with E-state index in [9.17, 15) is 9.59 Å². The van der Waals surface area contributed by atoms with Crippen LogP contribution in [0.1, 0.15) is 34.6 Å². The van der Waals surface area contributed by atoms with Crippen molar-refractivity contribution in [2.45, 2.75) is 13.8 Å². The lowest BCUT2D eigenvalue weighted by Gasteiger charge is -2.29. The second-order valence-electron chi connectivity index (χ2n) is 5.66. The fraction of sp³-hybridized carbons (Fsp3) is 0.250. The van der Waals surface area contributed by atoms with Gasteiger partial charge in [-0.15, -0.1) is 0 Å².